The number of likely N-dealkylation sites (N-methyl/N-ethyl adjacent to an activating group) is 1. The summed E-state index contributed by atoms with van der Waals surface area (Å²) >= 11 is 0. The summed E-state index contributed by atoms with van der Waals surface area (Å²) in [5, 5.41) is 0. The number of ketones is 1. The van der Waals surface area contributed by atoms with Gasteiger partial charge < -0.3 is 4.90 Å². The fraction of sp³-hybridized carbons (Fsp3) is 0.571. The number of carbonyl (C=O) groups is 1. The van der Waals surface area contributed by atoms with Crippen molar-refractivity contribution in [3.63, 3.8) is 0 Å². The van der Waals surface area contributed by atoms with Gasteiger partial charge in [-0.2, -0.15) is 4.84 Å². The Morgan fingerprint density at radius 1 is 1.20 bits per heavy atom. The summed E-state index contributed by atoms with van der Waals surface area (Å²) in [5.41, 5.74) is 5.22. The number of Topliss-reactive ketones (excluding diaryl/α,β-unsaturated/α-hetero) is 1. The molecule has 1 aromatic carbocycles. The SMILES string of the molecule is CO[N+]12CC(N(C)C)C3CCCC4CC(=O)C(C1=C43)c1ccccc12. The average molecular weight is 339 g/mol. The number of para-hydroxylation sites is 1. The van der Waals surface area contributed by atoms with E-state index < -0.39 is 0 Å². The monoisotopic (exact) mass is 339 g/mol. The molecule has 4 nitrogen and oxygen atoms in total. The summed E-state index contributed by atoms with van der Waals surface area (Å²) in [6, 6.07) is 8.92. The van der Waals surface area contributed by atoms with Crippen LogP contribution < -0.4 is 4.65 Å². The van der Waals surface area contributed by atoms with E-state index in [1.807, 2.05) is 7.11 Å². The molecule has 0 spiro atoms. The zero-order chi connectivity index (χ0) is 17.3. The van der Waals surface area contributed by atoms with Gasteiger partial charge in [-0.25, -0.2) is 0 Å². The van der Waals surface area contributed by atoms with Gasteiger partial charge in [0.2, 0.25) is 0 Å². The fourth-order valence-corrected chi connectivity index (χ4v) is 6.20. The van der Waals surface area contributed by atoms with Crippen LogP contribution in [0.25, 0.3) is 0 Å². The molecule has 0 saturated heterocycles. The molecule has 5 rings (SSSR count). The number of nitrogens with zero attached hydrogens (tertiary/aromatic N) is 2. The Hall–Kier alpha value is -1.49. The van der Waals surface area contributed by atoms with Crippen molar-refractivity contribution in [3.8, 4) is 0 Å². The van der Waals surface area contributed by atoms with E-state index in [1.54, 1.807) is 5.57 Å². The molecule has 2 aliphatic carbocycles. The van der Waals surface area contributed by atoms with E-state index in [2.05, 4.69) is 43.3 Å². The average Bonchev–Trinajstić information content (AvgIpc) is 2.92. The molecule has 0 bridgehead atoms. The summed E-state index contributed by atoms with van der Waals surface area (Å²) in [6.45, 7) is 0.903. The lowest BCUT2D eigenvalue weighted by Gasteiger charge is -2.50. The molecule has 1 fully saturated rings. The third kappa shape index (κ3) is 1.85. The lowest BCUT2D eigenvalue weighted by molar-refractivity contribution is -0.132. The molecule has 0 radical (unpaired) electrons. The fourth-order valence-electron chi connectivity index (χ4n) is 6.20. The maximum Gasteiger partial charge on any atom is 0.174 e. The lowest BCUT2D eigenvalue weighted by Crippen LogP contribution is -2.62. The van der Waals surface area contributed by atoms with Gasteiger partial charge >= 0.3 is 0 Å². The van der Waals surface area contributed by atoms with Crippen LogP contribution in [0.2, 0.25) is 0 Å². The highest BCUT2D eigenvalue weighted by Crippen LogP contribution is 2.60. The van der Waals surface area contributed by atoms with Gasteiger partial charge in [-0.3, -0.25) is 4.79 Å². The molecule has 1 saturated carbocycles. The Morgan fingerprint density at radius 3 is 2.76 bits per heavy atom. The van der Waals surface area contributed by atoms with Crippen LogP contribution in [-0.2, 0) is 9.63 Å². The standard InChI is InChI=1S/C21H27N2O2/c1-22(2)16-12-23(25-3)17-10-5-4-8-15(17)20-18(24)11-13-7-6-9-14(16)19(13)21(20)23/h4-5,8,10,13-14,16,20H,6-7,9,11-12H2,1-3H3/q+1. The number of hydrogen-bond donors (Lipinski definition) is 0. The number of rotatable bonds is 2. The molecule has 4 aliphatic rings. The maximum atomic E-state index is 13.1. The highest BCUT2D eigenvalue weighted by molar-refractivity contribution is 5.95. The Bertz CT molecular complexity index is 784. The van der Waals surface area contributed by atoms with Crippen molar-refractivity contribution >= 4 is 11.5 Å². The van der Waals surface area contributed by atoms with Crippen LogP contribution in [0.3, 0.4) is 0 Å². The van der Waals surface area contributed by atoms with Crippen molar-refractivity contribution in [2.45, 2.75) is 37.6 Å². The zero-order valence-electron chi connectivity index (χ0n) is 15.4. The molecule has 2 heterocycles. The summed E-state index contributed by atoms with van der Waals surface area (Å²) in [6.07, 6.45) is 4.37. The van der Waals surface area contributed by atoms with E-state index in [-0.39, 0.29) is 5.92 Å². The predicted octanol–water partition coefficient (Wildman–Crippen LogP) is 3.24. The van der Waals surface area contributed by atoms with Gasteiger partial charge in [-0.1, -0.05) is 24.6 Å². The molecule has 5 atom stereocenters. The van der Waals surface area contributed by atoms with Crippen LogP contribution in [0.15, 0.2) is 35.5 Å². The molecule has 132 valence electrons. The number of hydrogen-bond acceptors (Lipinski definition) is 3. The molecule has 4 heteroatoms. The minimum atomic E-state index is -0.0777. The number of benzene rings is 1. The summed E-state index contributed by atoms with van der Waals surface area (Å²) < 4.78 is 0.442. The lowest BCUT2D eigenvalue weighted by atomic mass is 9.64. The van der Waals surface area contributed by atoms with Crippen LogP contribution in [-0.4, -0.2) is 44.5 Å². The Labute approximate surface area is 149 Å². The Morgan fingerprint density at radius 2 is 2.00 bits per heavy atom. The third-order valence-corrected chi connectivity index (χ3v) is 7.16. The van der Waals surface area contributed by atoms with Crippen LogP contribution in [0.4, 0.5) is 5.69 Å². The van der Waals surface area contributed by atoms with Crippen molar-refractivity contribution in [2.24, 2.45) is 11.8 Å². The van der Waals surface area contributed by atoms with E-state index in [0.717, 1.165) is 19.4 Å². The number of allylic oxidation sites excluding steroid dienone is 1. The second-order valence-electron chi connectivity index (χ2n) is 8.37. The first-order valence-electron chi connectivity index (χ1n) is 9.55. The van der Waals surface area contributed by atoms with E-state index >= 15 is 0 Å². The summed E-state index contributed by atoms with van der Waals surface area (Å²) in [7, 11) is 6.20. The minimum absolute atomic E-state index is 0.0777. The minimum Gasteiger partial charge on any atom is -0.301 e. The smallest absolute Gasteiger partial charge is 0.174 e. The van der Waals surface area contributed by atoms with E-state index in [4.69, 9.17) is 4.84 Å². The highest BCUT2D eigenvalue weighted by Gasteiger charge is 2.63. The molecule has 0 amide bonds. The second kappa shape index (κ2) is 5.26. The quantitative estimate of drug-likeness (QED) is 0.775. The van der Waals surface area contributed by atoms with Crippen LogP contribution in [0.1, 0.15) is 37.2 Å². The van der Waals surface area contributed by atoms with Crippen molar-refractivity contribution in [1.82, 2.24) is 9.55 Å². The number of quaternary nitrogens is 1. The van der Waals surface area contributed by atoms with Gasteiger partial charge in [-0.15, -0.1) is 4.65 Å². The number of fused-ring (bicyclic) bond motifs is 3. The largest absolute Gasteiger partial charge is 0.301 e. The van der Waals surface area contributed by atoms with Crippen LogP contribution in [0, 0.1) is 11.8 Å². The first-order valence-corrected chi connectivity index (χ1v) is 9.55. The van der Waals surface area contributed by atoms with E-state index in [9.17, 15) is 4.79 Å². The molecular weight excluding hydrogens is 312 g/mol. The molecule has 2 aliphatic heterocycles. The van der Waals surface area contributed by atoms with E-state index in [0.29, 0.717) is 28.3 Å². The second-order valence-corrected chi connectivity index (χ2v) is 8.37. The van der Waals surface area contributed by atoms with Gasteiger partial charge in [-0.05, 0) is 38.4 Å². The topological polar surface area (TPSA) is 29.5 Å². The van der Waals surface area contributed by atoms with Gasteiger partial charge in [0.25, 0.3) is 0 Å². The first kappa shape index (κ1) is 15.7. The molecule has 0 N–H and O–H groups in total. The molecule has 0 aromatic heterocycles. The van der Waals surface area contributed by atoms with Crippen molar-refractivity contribution in [1.29, 1.82) is 0 Å². The van der Waals surface area contributed by atoms with E-state index in [1.165, 1.54) is 29.8 Å². The summed E-state index contributed by atoms with van der Waals surface area (Å²) in [4.78, 5) is 21.8. The Kier molecular flexibility index (Phi) is 3.31. The van der Waals surface area contributed by atoms with Gasteiger partial charge in [0.15, 0.2) is 17.2 Å². The Balaban J connectivity index is 1.83. The maximum absolute atomic E-state index is 13.1. The zero-order valence-corrected chi connectivity index (χ0v) is 15.4. The van der Waals surface area contributed by atoms with Gasteiger partial charge in [0.1, 0.15) is 12.5 Å². The molecule has 25 heavy (non-hydrogen) atoms. The number of hydroxylamine groups is 2. The van der Waals surface area contributed by atoms with Gasteiger partial charge in [0, 0.05) is 24.0 Å². The first-order chi connectivity index (χ1) is 12.1. The van der Waals surface area contributed by atoms with Gasteiger partial charge in [0.05, 0.1) is 13.2 Å². The summed E-state index contributed by atoms with van der Waals surface area (Å²) in [5.74, 6) is 1.33. The van der Waals surface area contributed by atoms with Crippen LogP contribution in [0.5, 0.6) is 0 Å². The predicted molar refractivity (Wildman–Crippen MR) is 97.8 cm³/mol. The van der Waals surface area contributed by atoms with Crippen molar-refractivity contribution in [2.75, 3.05) is 27.7 Å². The highest BCUT2D eigenvalue weighted by atomic mass is 16.7. The molecular formula is C21H27N2O2+. The third-order valence-electron chi connectivity index (χ3n) is 7.16. The normalized spacial score (nSPS) is 38.8. The molecule has 1 aromatic rings. The van der Waals surface area contributed by atoms with Crippen LogP contribution >= 0.6 is 0 Å². The number of carbonyl (C=O) groups excluding carboxylic acids is 1. The molecule has 5 unspecified atom stereocenters. The van der Waals surface area contributed by atoms with Crippen molar-refractivity contribution < 1.29 is 9.63 Å². The van der Waals surface area contributed by atoms with Crippen molar-refractivity contribution in [3.05, 3.63) is 41.1 Å².